The van der Waals surface area contributed by atoms with Crippen LogP contribution in [0, 0.1) is 6.92 Å². The van der Waals surface area contributed by atoms with Gasteiger partial charge in [-0.2, -0.15) is 0 Å². The summed E-state index contributed by atoms with van der Waals surface area (Å²) in [6.07, 6.45) is 0. The van der Waals surface area contributed by atoms with Gasteiger partial charge in [-0.25, -0.2) is 0 Å². The van der Waals surface area contributed by atoms with Gasteiger partial charge in [0.1, 0.15) is 0 Å². The summed E-state index contributed by atoms with van der Waals surface area (Å²) in [6.45, 7) is 1.86. The Hall–Kier alpha value is -0.431. The van der Waals surface area contributed by atoms with Crippen molar-refractivity contribution in [2.75, 3.05) is 0 Å². The van der Waals surface area contributed by atoms with Gasteiger partial charge in [0.25, 0.3) is 0 Å². The third-order valence-electron chi connectivity index (χ3n) is 1.63. The van der Waals surface area contributed by atoms with Crippen molar-refractivity contribution in [2.24, 2.45) is 0 Å². The number of halogens is 1. The van der Waals surface area contributed by atoms with Crippen LogP contribution in [0.1, 0.15) is 21.5 Å². The van der Waals surface area contributed by atoms with Gasteiger partial charge in [-0.3, -0.25) is 0 Å². The fraction of sp³-hybridized carbons (Fsp3) is 0.111. The van der Waals surface area contributed by atoms with E-state index in [0.29, 0.717) is 5.56 Å². The van der Waals surface area contributed by atoms with Crippen LogP contribution >= 0.6 is 11.6 Å². The second kappa shape index (κ2) is 3.99. The molecule has 1 nitrogen and oxygen atoms in total. The van der Waals surface area contributed by atoms with Crippen molar-refractivity contribution >= 4 is 37.3 Å². The zero-order valence-electron chi connectivity index (χ0n) is 6.50. The summed E-state index contributed by atoms with van der Waals surface area (Å²) in [6, 6.07) is 5.60. The summed E-state index contributed by atoms with van der Waals surface area (Å²) < 4.78 is 0. The molecule has 1 aromatic carbocycles. The van der Waals surface area contributed by atoms with Crippen molar-refractivity contribution in [1.29, 1.82) is 0 Å². The summed E-state index contributed by atoms with van der Waals surface area (Å²) in [4.78, 5) is 12.7. The number of benzene rings is 1. The van der Waals surface area contributed by atoms with Crippen molar-refractivity contribution in [3.05, 3.63) is 34.9 Å². The Morgan fingerprint density at radius 2 is 2.25 bits per heavy atom. The normalized spacial score (nSPS) is 9.50. The minimum atomic E-state index is -0.408. The molecule has 0 fully saturated rings. The van der Waals surface area contributed by atoms with Gasteiger partial charge in [-0.05, 0) is 0 Å². The number of carbonyl (C=O) groups excluding carboxylic acids is 1. The van der Waals surface area contributed by atoms with Crippen molar-refractivity contribution in [3.63, 3.8) is 0 Å². The van der Waals surface area contributed by atoms with Gasteiger partial charge >= 0.3 is 83.9 Å². The molecule has 0 aliphatic rings. The predicted molar refractivity (Wildman–Crippen MR) is 52.3 cm³/mol. The molecule has 0 aromatic heterocycles. The molecule has 0 amide bonds. The molecule has 0 N–H and O–H groups in total. The Morgan fingerprint density at radius 3 is 2.67 bits per heavy atom. The summed E-state index contributed by atoms with van der Waals surface area (Å²) in [5.74, 6) is 0. The summed E-state index contributed by atoms with van der Waals surface area (Å²) in [5.41, 5.74) is 2.33. The fourth-order valence-electron chi connectivity index (χ4n) is 1.06. The van der Waals surface area contributed by atoms with Gasteiger partial charge in [0.05, 0.1) is 0 Å². The molecule has 12 heavy (non-hydrogen) atoms. The number of rotatable bonds is 2. The number of hydrogen-bond acceptors (Lipinski definition) is 1. The Balaban J connectivity index is 3.39. The third-order valence-corrected chi connectivity index (χ3v) is 2.35. The van der Waals surface area contributed by atoms with Crippen LogP contribution in [-0.4, -0.2) is 25.7 Å². The van der Waals surface area contributed by atoms with Crippen molar-refractivity contribution in [2.45, 2.75) is 6.92 Å². The number of aryl methyl sites for hydroxylation is 1. The first-order chi connectivity index (χ1) is 5.66. The Morgan fingerprint density at radius 1 is 1.58 bits per heavy atom. The van der Waals surface area contributed by atoms with Crippen LogP contribution in [0.4, 0.5) is 0 Å². The average Bonchev–Trinajstić information content (AvgIpc) is 2.03. The maximum absolute atomic E-state index is 11.0. The Kier molecular flexibility index (Phi) is 3.21. The Bertz CT molecular complexity index is 333. The van der Waals surface area contributed by atoms with Crippen LogP contribution in [0.3, 0.4) is 0 Å². The van der Waals surface area contributed by atoms with Crippen LogP contribution in [0.2, 0.25) is 0 Å². The molecule has 0 unspecified atom stereocenters. The topological polar surface area (TPSA) is 17.1 Å². The van der Waals surface area contributed by atoms with Crippen LogP contribution in [0.15, 0.2) is 18.2 Å². The van der Waals surface area contributed by atoms with Gasteiger partial charge in [0.2, 0.25) is 0 Å². The molecule has 0 heterocycles. The summed E-state index contributed by atoms with van der Waals surface area (Å²) in [7, 11) is 0. The molecule has 0 aliphatic carbocycles. The second-order valence-corrected chi connectivity index (χ2v) is 3.27. The molecule has 0 spiro atoms. The molecule has 0 bridgehead atoms. The van der Waals surface area contributed by atoms with E-state index in [1.807, 2.05) is 25.1 Å². The van der Waals surface area contributed by atoms with Crippen molar-refractivity contribution < 1.29 is 4.79 Å². The Labute approximate surface area is 84.1 Å². The second-order valence-electron chi connectivity index (χ2n) is 2.43. The van der Waals surface area contributed by atoms with E-state index >= 15 is 0 Å². The van der Waals surface area contributed by atoms with Gasteiger partial charge in [-0.1, -0.05) is 0 Å². The quantitative estimate of drug-likeness (QED) is 0.572. The molecule has 0 saturated heterocycles. The molecule has 0 atom stereocenters. The summed E-state index contributed by atoms with van der Waals surface area (Å²) >= 11 is 8.17. The zero-order chi connectivity index (χ0) is 9.14. The van der Waals surface area contributed by atoms with E-state index in [2.05, 4.69) is 15.6 Å². The van der Waals surface area contributed by atoms with Crippen LogP contribution in [-0.2, 0) is 0 Å². The first kappa shape index (κ1) is 9.66. The van der Waals surface area contributed by atoms with E-state index < -0.39 is 5.24 Å². The van der Waals surface area contributed by atoms with Gasteiger partial charge in [0.15, 0.2) is 0 Å². The van der Waals surface area contributed by atoms with E-state index in [0.717, 1.165) is 11.1 Å². The first-order valence-corrected chi connectivity index (χ1v) is 4.78. The molecular weight excluding hydrogens is 239 g/mol. The average molecular weight is 246 g/mol. The van der Waals surface area contributed by atoms with E-state index in [4.69, 9.17) is 11.6 Å². The van der Waals surface area contributed by atoms with Gasteiger partial charge < -0.3 is 0 Å². The molecule has 1 aromatic rings. The molecule has 1 rings (SSSR count). The summed E-state index contributed by atoms with van der Waals surface area (Å²) in [5, 5.41) is -0.408. The maximum atomic E-state index is 11.0. The standard InChI is InChI=1S/C9H7ClOSe/c1-6-3-2-4-7(5-12)8(6)9(10)11/h2-5H,1H3. The van der Waals surface area contributed by atoms with Crippen LogP contribution < -0.4 is 0 Å². The molecule has 0 saturated carbocycles. The fourth-order valence-corrected chi connectivity index (χ4v) is 1.73. The molecule has 0 aliphatic heterocycles. The zero-order valence-corrected chi connectivity index (χ0v) is 8.97. The third kappa shape index (κ3) is 1.84. The monoisotopic (exact) mass is 246 g/mol. The number of carbonyl (C=O) groups is 1. The van der Waals surface area contributed by atoms with E-state index in [1.165, 1.54) is 0 Å². The van der Waals surface area contributed by atoms with Gasteiger partial charge in [0, 0.05) is 0 Å². The SMILES string of the molecule is Cc1cccc(C=[Se])c1C(=O)Cl. The van der Waals surface area contributed by atoms with Gasteiger partial charge in [-0.15, -0.1) is 0 Å². The number of hydrogen-bond donors (Lipinski definition) is 0. The predicted octanol–water partition coefficient (Wildman–Crippen LogP) is 1.69. The molecule has 0 radical (unpaired) electrons. The molecule has 3 heteroatoms. The van der Waals surface area contributed by atoms with Crippen LogP contribution in [0.25, 0.3) is 0 Å². The van der Waals surface area contributed by atoms with Crippen LogP contribution in [0.5, 0.6) is 0 Å². The first-order valence-electron chi connectivity index (χ1n) is 3.41. The minimum absolute atomic E-state index is 0.408. The van der Waals surface area contributed by atoms with E-state index in [9.17, 15) is 4.79 Å². The van der Waals surface area contributed by atoms with Crippen molar-refractivity contribution in [1.82, 2.24) is 0 Å². The van der Waals surface area contributed by atoms with E-state index in [-0.39, 0.29) is 0 Å². The van der Waals surface area contributed by atoms with Crippen molar-refractivity contribution in [3.8, 4) is 0 Å². The van der Waals surface area contributed by atoms with E-state index in [1.54, 1.807) is 4.92 Å². The molecular formula is C9H7ClOSe. The molecule has 62 valence electrons.